The Balaban J connectivity index is 1.61. The lowest BCUT2D eigenvalue weighted by Gasteiger charge is -2.13. The maximum absolute atomic E-state index is 6.11. The molecule has 1 aromatic carbocycles. The second-order valence-electron chi connectivity index (χ2n) is 4.96. The molecule has 1 unspecified atom stereocenters. The Labute approximate surface area is 112 Å². The molecule has 1 N–H and O–H groups in total. The fourth-order valence-corrected chi connectivity index (χ4v) is 2.93. The van der Waals surface area contributed by atoms with E-state index < -0.39 is 0 Å². The number of benzene rings is 1. The summed E-state index contributed by atoms with van der Waals surface area (Å²) in [6, 6.07) is 4.46. The number of fused-ring (bicyclic) bond motifs is 1. The molecule has 0 aliphatic carbocycles. The Morgan fingerprint density at radius 2 is 2.39 bits per heavy atom. The third-order valence-corrected chi connectivity index (χ3v) is 3.78. The van der Waals surface area contributed by atoms with Crippen LogP contribution in [0.4, 0.5) is 0 Å². The SMILES string of the molecule is Clc1cc2c(c(COCC3CCCN3)c1)OCC2. The average Bonchev–Trinajstić information content (AvgIpc) is 2.98. The molecule has 0 saturated carbocycles. The van der Waals surface area contributed by atoms with Crippen molar-refractivity contribution in [2.45, 2.75) is 31.9 Å². The van der Waals surface area contributed by atoms with Crippen LogP contribution >= 0.6 is 11.6 Å². The third kappa shape index (κ3) is 2.63. The van der Waals surface area contributed by atoms with E-state index in [4.69, 9.17) is 21.1 Å². The summed E-state index contributed by atoms with van der Waals surface area (Å²) < 4.78 is 11.4. The van der Waals surface area contributed by atoms with Gasteiger partial charge in [0.15, 0.2) is 0 Å². The van der Waals surface area contributed by atoms with Crippen LogP contribution in [0.3, 0.4) is 0 Å². The molecule has 1 aromatic rings. The summed E-state index contributed by atoms with van der Waals surface area (Å²) in [5.74, 6) is 0.985. The number of rotatable bonds is 4. The molecule has 0 bridgehead atoms. The molecule has 4 heteroatoms. The summed E-state index contributed by atoms with van der Waals surface area (Å²) in [4.78, 5) is 0. The summed E-state index contributed by atoms with van der Waals surface area (Å²) in [5, 5.41) is 4.20. The second-order valence-corrected chi connectivity index (χ2v) is 5.40. The molecule has 1 fully saturated rings. The molecule has 3 nitrogen and oxygen atoms in total. The van der Waals surface area contributed by atoms with Gasteiger partial charge in [-0.2, -0.15) is 0 Å². The summed E-state index contributed by atoms with van der Waals surface area (Å²) >= 11 is 6.11. The highest BCUT2D eigenvalue weighted by Gasteiger charge is 2.18. The third-order valence-electron chi connectivity index (χ3n) is 3.56. The Morgan fingerprint density at radius 1 is 1.44 bits per heavy atom. The van der Waals surface area contributed by atoms with Gasteiger partial charge in [-0.3, -0.25) is 0 Å². The van der Waals surface area contributed by atoms with E-state index >= 15 is 0 Å². The van der Waals surface area contributed by atoms with E-state index in [1.165, 1.54) is 18.4 Å². The zero-order valence-corrected chi connectivity index (χ0v) is 11.1. The van der Waals surface area contributed by atoms with Crippen molar-refractivity contribution in [3.05, 3.63) is 28.3 Å². The zero-order valence-electron chi connectivity index (χ0n) is 10.4. The van der Waals surface area contributed by atoms with Gasteiger partial charge in [-0.05, 0) is 37.1 Å². The number of hydrogen-bond acceptors (Lipinski definition) is 3. The Bertz CT molecular complexity index is 430. The van der Waals surface area contributed by atoms with Gasteiger partial charge in [-0.1, -0.05) is 11.6 Å². The first kappa shape index (κ1) is 12.3. The van der Waals surface area contributed by atoms with E-state index in [1.807, 2.05) is 12.1 Å². The van der Waals surface area contributed by atoms with E-state index in [9.17, 15) is 0 Å². The van der Waals surface area contributed by atoms with Crippen LogP contribution in [0.1, 0.15) is 24.0 Å². The second kappa shape index (κ2) is 5.47. The van der Waals surface area contributed by atoms with Gasteiger partial charge in [0, 0.05) is 23.0 Å². The van der Waals surface area contributed by atoms with E-state index in [2.05, 4.69) is 5.32 Å². The molecule has 2 heterocycles. The molecule has 3 rings (SSSR count). The molecule has 2 aliphatic heterocycles. The van der Waals surface area contributed by atoms with E-state index in [0.717, 1.165) is 42.5 Å². The monoisotopic (exact) mass is 267 g/mol. The van der Waals surface area contributed by atoms with Crippen LogP contribution in [0.25, 0.3) is 0 Å². The molecular weight excluding hydrogens is 250 g/mol. The lowest BCUT2D eigenvalue weighted by atomic mass is 10.1. The largest absolute Gasteiger partial charge is 0.493 e. The van der Waals surface area contributed by atoms with Gasteiger partial charge in [-0.25, -0.2) is 0 Å². The number of nitrogens with one attached hydrogen (secondary N) is 1. The van der Waals surface area contributed by atoms with E-state index in [0.29, 0.717) is 12.6 Å². The van der Waals surface area contributed by atoms with Crippen LogP contribution in [0.2, 0.25) is 5.02 Å². The standard InChI is InChI=1S/C14H18ClNO2/c15-12-6-10-3-5-18-14(10)11(7-12)8-17-9-13-2-1-4-16-13/h6-7,13,16H,1-5,8-9H2. The van der Waals surface area contributed by atoms with Crippen LogP contribution in [0, 0.1) is 0 Å². The van der Waals surface area contributed by atoms with Crippen molar-refractivity contribution in [2.24, 2.45) is 0 Å². The van der Waals surface area contributed by atoms with Crippen LogP contribution in [-0.2, 0) is 17.8 Å². The lowest BCUT2D eigenvalue weighted by molar-refractivity contribution is 0.102. The van der Waals surface area contributed by atoms with Crippen LogP contribution in [-0.4, -0.2) is 25.8 Å². The van der Waals surface area contributed by atoms with Crippen molar-refractivity contribution >= 4 is 11.6 Å². The molecule has 0 amide bonds. The Morgan fingerprint density at radius 3 is 3.22 bits per heavy atom. The molecular formula is C14H18ClNO2. The Kier molecular flexibility index (Phi) is 3.73. The van der Waals surface area contributed by atoms with Gasteiger partial charge in [0.1, 0.15) is 5.75 Å². The molecule has 0 aromatic heterocycles. The topological polar surface area (TPSA) is 30.5 Å². The van der Waals surface area contributed by atoms with Crippen molar-refractivity contribution in [3.8, 4) is 5.75 Å². The lowest BCUT2D eigenvalue weighted by Crippen LogP contribution is -2.26. The fourth-order valence-electron chi connectivity index (χ4n) is 2.66. The molecule has 0 spiro atoms. The highest BCUT2D eigenvalue weighted by molar-refractivity contribution is 6.30. The highest BCUT2D eigenvalue weighted by Crippen LogP contribution is 2.33. The Hall–Kier alpha value is -0.770. The van der Waals surface area contributed by atoms with Gasteiger partial charge in [-0.15, -0.1) is 0 Å². The summed E-state index contributed by atoms with van der Waals surface area (Å²) in [7, 11) is 0. The van der Waals surface area contributed by atoms with Gasteiger partial charge < -0.3 is 14.8 Å². The van der Waals surface area contributed by atoms with Gasteiger partial charge in [0.05, 0.1) is 19.8 Å². The highest BCUT2D eigenvalue weighted by atomic mass is 35.5. The van der Waals surface area contributed by atoms with Crippen LogP contribution in [0.5, 0.6) is 5.75 Å². The smallest absolute Gasteiger partial charge is 0.128 e. The van der Waals surface area contributed by atoms with Crippen molar-refractivity contribution in [1.82, 2.24) is 5.32 Å². The van der Waals surface area contributed by atoms with Gasteiger partial charge in [0.25, 0.3) is 0 Å². The molecule has 98 valence electrons. The molecule has 2 aliphatic rings. The van der Waals surface area contributed by atoms with Crippen LogP contribution in [0.15, 0.2) is 12.1 Å². The number of hydrogen-bond donors (Lipinski definition) is 1. The van der Waals surface area contributed by atoms with E-state index in [-0.39, 0.29) is 0 Å². The molecule has 18 heavy (non-hydrogen) atoms. The minimum Gasteiger partial charge on any atom is -0.493 e. The first-order valence-electron chi connectivity index (χ1n) is 6.58. The summed E-state index contributed by atoms with van der Waals surface area (Å²) in [6.45, 7) is 3.22. The van der Waals surface area contributed by atoms with Crippen molar-refractivity contribution in [2.75, 3.05) is 19.8 Å². The maximum atomic E-state index is 6.11. The predicted octanol–water partition coefficient (Wildman–Crippen LogP) is 2.54. The minimum absolute atomic E-state index is 0.512. The summed E-state index contributed by atoms with van der Waals surface area (Å²) in [5.41, 5.74) is 2.29. The van der Waals surface area contributed by atoms with Gasteiger partial charge >= 0.3 is 0 Å². The molecule has 1 saturated heterocycles. The fraction of sp³-hybridized carbons (Fsp3) is 0.571. The van der Waals surface area contributed by atoms with E-state index in [1.54, 1.807) is 0 Å². The number of ether oxygens (including phenoxy) is 2. The first-order chi connectivity index (χ1) is 8.83. The van der Waals surface area contributed by atoms with Crippen molar-refractivity contribution < 1.29 is 9.47 Å². The van der Waals surface area contributed by atoms with Crippen molar-refractivity contribution in [1.29, 1.82) is 0 Å². The van der Waals surface area contributed by atoms with Crippen molar-refractivity contribution in [3.63, 3.8) is 0 Å². The quantitative estimate of drug-likeness (QED) is 0.909. The predicted molar refractivity (Wildman–Crippen MR) is 71.3 cm³/mol. The average molecular weight is 268 g/mol. The van der Waals surface area contributed by atoms with Crippen LogP contribution < -0.4 is 10.1 Å². The molecule has 1 atom stereocenters. The minimum atomic E-state index is 0.512. The summed E-state index contributed by atoms with van der Waals surface area (Å²) in [6.07, 6.45) is 3.42. The molecule has 0 radical (unpaired) electrons. The normalized spacial score (nSPS) is 21.9. The first-order valence-corrected chi connectivity index (χ1v) is 6.96. The van der Waals surface area contributed by atoms with Gasteiger partial charge in [0.2, 0.25) is 0 Å². The zero-order chi connectivity index (χ0) is 12.4. The number of halogens is 1. The maximum Gasteiger partial charge on any atom is 0.128 e.